The van der Waals surface area contributed by atoms with Crippen molar-refractivity contribution in [3.63, 3.8) is 0 Å². The molecule has 1 N–H and O–H groups in total. The average Bonchev–Trinajstić information content (AvgIpc) is 1.98. The van der Waals surface area contributed by atoms with Crippen LogP contribution in [0, 0.1) is 0 Å². The largest absolute Gasteiger partial charge is 0.396 e. The zero-order valence-corrected chi connectivity index (χ0v) is 8.19. The molecule has 0 aliphatic carbocycles. The van der Waals surface area contributed by atoms with Gasteiger partial charge in [-0.1, -0.05) is 27.5 Å². The summed E-state index contributed by atoms with van der Waals surface area (Å²) in [6, 6.07) is 5.61. The smallest absolute Gasteiger partial charge is 0.0471 e. The van der Waals surface area contributed by atoms with Crippen molar-refractivity contribution in [1.82, 2.24) is 0 Å². The Labute approximate surface area is 79.1 Å². The molecule has 1 aromatic rings. The third-order valence-corrected chi connectivity index (χ3v) is 2.25. The maximum Gasteiger partial charge on any atom is 0.0471 e. The second-order valence-electron chi connectivity index (χ2n) is 2.21. The highest BCUT2D eigenvalue weighted by molar-refractivity contribution is 9.10. The van der Waals surface area contributed by atoms with E-state index in [0.29, 0.717) is 11.4 Å². The van der Waals surface area contributed by atoms with Crippen LogP contribution in [-0.4, -0.2) is 11.7 Å². The van der Waals surface area contributed by atoms with E-state index in [-0.39, 0.29) is 6.61 Å². The number of benzene rings is 1. The Hall–Kier alpha value is -0.0500. The van der Waals surface area contributed by atoms with Crippen molar-refractivity contribution in [3.8, 4) is 0 Å². The molecule has 0 aliphatic heterocycles. The molecule has 0 radical (unpaired) electrons. The fourth-order valence-corrected chi connectivity index (χ4v) is 1.48. The topological polar surface area (TPSA) is 20.2 Å². The average molecular weight is 236 g/mol. The first-order valence-corrected chi connectivity index (χ1v) is 4.46. The number of hydrogen-bond donors (Lipinski definition) is 1. The fourth-order valence-electron chi connectivity index (χ4n) is 0.855. The highest BCUT2D eigenvalue weighted by atomic mass is 79.9. The summed E-state index contributed by atoms with van der Waals surface area (Å²) in [5, 5.41) is 9.37. The van der Waals surface area contributed by atoms with Gasteiger partial charge in [-0.2, -0.15) is 0 Å². The van der Waals surface area contributed by atoms with Gasteiger partial charge in [0.25, 0.3) is 0 Å². The highest BCUT2D eigenvalue weighted by Gasteiger charge is 1.98. The van der Waals surface area contributed by atoms with Gasteiger partial charge in [0.05, 0.1) is 0 Å². The van der Waals surface area contributed by atoms with E-state index in [0.717, 1.165) is 10.0 Å². The van der Waals surface area contributed by atoms with Crippen molar-refractivity contribution in [2.75, 3.05) is 6.61 Å². The van der Waals surface area contributed by atoms with E-state index in [4.69, 9.17) is 16.7 Å². The zero-order valence-electron chi connectivity index (χ0n) is 5.85. The molecule has 0 bridgehead atoms. The second kappa shape index (κ2) is 4.10. The second-order valence-corrected chi connectivity index (χ2v) is 3.53. The standard InChI is InChI=1S/C8H8BrClO/c9-7-1-2-8(10)6(5-7)3-4-11/h1-2,5,11H,3-4H2. The normalized spacial score (nSPS) is 10.1. The molecule has 0 amide bonds. The molecule has 0 atom stereocenters. The third kappa shape index (κ3) is 2.47. The molecule has 0 saturated carbocycles. The summed E-state index contributed by atoms with van der Waals surface area (Å²) in [5.41, 5.74) is 0.976. The molecular weight excluding hydrogens is 227 g/mol. The highest BCUT2D eigenvalue weighted by Crippen LogP contribution is 2.20. The summed E-state index contributed by atoms with van der Waals surface area (Å²) in [5.74, 6) is 0. The van der Waals surface area contributed by atoms with E-state index in [1.165, 1.54) is 0 Å². The molecule has 1 rings (SSSR count). The van der Waals surface area contributed by atoms with E-state index in [1.807, 2.05) is 18.2 Å². The van der Waals surface area contributed by atoms with Crippen molar-refractivity contribution < 1.29 is 5.11 Å². The first-order valence-electron chi connectivity index (χ1n) is 3.29. The first kappa shape index (κ1) is 9.04. The number of aliphatic hydroxyl groups is 1. The first-order chi connectivity index (χ1) is 5.24. The molecule has 11 heavy (non-hydrogen) atoms. The summed E-state index contributed by atoms with van der Waals surface area (Å²) in [6.45, 7) is 0.135. The quantitative estimate of drug-likeness (QED) is 0.835. The summed E-state index contributed by atoms with van der Waals surface area (Å²) >= 11 is 9.17. The fraction of sp³-hybridized carbons (Fsp3) is 0.250. The lowest BCUT2D eigenvalue weighted by Crippen LogP contribution is -1.91. The van der Waals surface area contributed by atoms with Crippen LogP contribution in [0.5, 0.6) is 0 Å². The Kier molecular flexibility index (Phi) is 3.37. The van der Waals surface area contributed by atoms with Gasteiger partial charge in [-0.25, -0.2) is 0 Å². The molecule has 0 fully saturated rings. The van der Waals surface area contributed by atoms with Gasteiger partial charge >= 0.3 is 0 Å². The van der Waals surface area contributed by atoms with Gasteiger partial charge in [-0.05, 0) is 30.2 Å². The van der Waals surface area contributed by atoms with Crippen molar-refractivity contribution in [3.05, 3.63) is 33.3 Å². The van der Waals surface area contributed by atoms with Gasteiger partial charge in [0, 0.05) is 16.1 Å². The van der Waals surface area contributed by atoms with Gasteiger partial charge in [0.1, 0.15) is 0 Å². The van der Waals surface area contributed by atoms with Crippen LogP contribution in [0.1, 0.15) is 5.56 Å². The van der Waals surface area contributed by atoms with E-state index >= 15 is 0 Å². The van der Waals surface area contributed by atoms with Gasteiger partial charge in [-0.15, -0.1) is 0 Å². The van der Waals surface area contributed by atoms with E-state index in [1.54, 1.807) is 0 Å². The minimum Gasteiger partial charge on any atom is -0.396 e. The van der Waals surface area contributed by atoms with Crippen LogP contribution in [0.2, 0.25) is 5.02 Å². The molecule has 0 heterocycles. The number of hydrogen-bond acceptors (Lipinski definition) is 1. The molecule has 0 aliphatic rings. The molecule has 0 unspecified atom stereocenters. The maximum absolute atomic E-state index is 8.66. The predicted octanol–water partition coefficient (Wildman–Crippen LogP) is 2.64. The monoisotopic (exact) mass is 234 g/mol. The summed E-state index contributed by atoms with van der Waals surface area (Å²) < 4.78 is 0.991. The van der Waals surface area contributed by atoms with Crippen molar-refractivity contribution in [1.29, 1.82) is 0 Å². The molecule has 60 valence electrons. The van der Waals surface area contributed by atoms with Crippen LogP contribution in [0.3, 0.4) is 0 Å². The van der Waals surface area contributed by atoms with Crippen LogP contribution in [0.15, 0.2) is 22.7 Å². The molecule has 0 spiro atoms. The lowest BCUT2D eigenvalue weighted by atomic mass is 10.2. The van der Waals surface area contributed by atoms with E-state index in [9.17, 15) is 0 Å². The maximum atomic E-state index is 8.66. The Morgan fingerprint density at radius 3 is 2.82 bits per heavy atom. The van der Waals surface area contributed by atoms with Crippen LogP contribution >= 0.6 is 27.5 Å². The number of rotatable bonds is 2. The molecule has 3 heteroatoms. The van der Waals surface area contributed by atoms with E-state index in [2.05, 4.69) is 15.9 Å². The van der Waals surface area contributed by atoms with Gasteiger partial charge in [-0.3, -0.25) is 0 Å². The Balaban J connectivity index is 2.93. The van der Waals surface area contributed by atoms with E-state index < -0.39 is 0 Å². The summed E-state index contributed by atoms with van der Waals surface area (Å²) in [7, 11) is 0. The van der Waals surface area contributed by atoms with Gasteiger partial charge in [0.15, 0.2) is 0 Å². The lowest BCUT2D eigenvalue weighted by molar-refractivity contribution is 0.299. The number of halogens is 2. The van der Waals surface area contributed by atoms with Crippen molar-refractivity contribution in [2.24, 2.45) is 0 Å². The van der Waals surface area contributed by atoms with Crippen LogP contribution in [-0.2, 0) is 6.42 Å². The Bertz CT molecular complexity index is 250. The summed E-state index contributed by atoms with van der Waals surface area (Å²) in [4.78, 5) is 0. The van der Waals surface area contributed by atoms with Crippen LogP contribution in [0.25, 0.3) is 0 Å². The third-order valence-electron chi connectivity index (χ3n) is 1.39. The Morgan fingerprint density at radius 2 is 2.18 bits per heavy atom. The molecular formula is C8H8BrClO. The predicted molar refractivity (Wildman–Crippen MR) is 49.9 cm³/mol. The van der Waals surface area contributed by atoms with Gasteiger partial charge < -0.3 is 5.11 Å². The Morgan fingerprint density at radius 1 is 1.45 bits per heavy atom. The summed E-state index contributed by atoms with van der Waals surface area (Å²) in [6.07, 6.45) is 0.609. The minimum absolute atomic E-state index is 0.135. The zero-order chi connectivity index (χ0) is 8.27. The SMILES string of the molecule is OCCc1cc(Br)ccc1Cl. The molecule has 1 nitrogen and oxygen atoms in total. The molecule has 0 aromatic heterocycles. The molecule has 1 aromatic carbocycles. The van der Waals surface area contributed by atoms with Crippen molar-refractivity contribution in [2.45, 2.75) is 6.42 Å². The number of aliphatic hydroxyl groups excluding tert-OH is 1. The molecule has 0 saturated heterocycles. The van der Waals surface area contributed by atoms with Gasteiger partial charge in [0.2, 0.25) is 0 Å². The van der Waals surface area contributed by atoms with Crippen LogP contribution < -0.4 is 0 Å². The minimum atomic E-state index is 0.135. The van der Waals surface area contributed by atoms with Crippen molar-refractivity contribution >= 4 is 27.5 Å². The van der Waals surface area contributed by atoms with Crippen LogP contribution in [0.4, 0.5) is 0 Å². The lowest BCUT2D eigenvalue weighted by Gasteiger charge is -2.01.